The van der Waals surface area contributed by atoms with Crippen molar-refractivity contribution in [3.8, 4) is 5.75 Å². The van der Waals surface area contributed by atoms with E-state index >= 15 is 4.39 Å². The minimum absolute atomic E-state index is 0.147. The number of halogens is 1. The molecule has 0 spiro atoms. The van der Waals surface area contributed by atoms with E-state index < -0.39 is 0 Å². The second-order valence-corrected chi connectivity index (χ2v) is 7.20. The Bertz CT molecular complexity index is 834. The van der Waals surface area contributed by atoms with Gasteiger partial charge in [0.05, 0.1) is 12.3 Å². The molecule has 7 heteroatoms. The molecule has 1 unspecified atom stereocenters. The third kappa shape index (κ3) is 3.69. The summed E-state index contributed by atoms with van der Waals surface area (Å²) in [6.07, 6.45) is 3.61. The summed E-state index contributed by atoms with van der Waals surface area (Å²) in [7, 11) is 1.85. The Balaban J connectivity index is 1.73. The fourth-order valence-corrected chi connectivity index (χ4v) is 3.95. The standard InChI is InChI=1S/C20H26FN5O/c1-12-10-14(22-2)11-16(24-12)26-20-18(21)17(13-4-3-7-23-8-5-13)19-15(25-20)6-9-27-19/h10-11,13,23H,3-9H2,1-2H3,(H2,22,24,25,26). The number of anilines is 3. The highest BCUT2D eigenvalue weighted by atomic mass is 19.1. The van der Waals surface area contributed by atoms with Gasteiger partial charge in [-0.1, -0.05) is 0 Å². The maximum atomic E-state index is 15.5. The number of nitrogens with one attached hydrogen (secondary N) is 3. The molecule has 4 heterocycles. The third-order valence-electron chi connectivity index (χ3n) is 5.26. The smallest absolute Gasteiger partial charge is 0.173 e. The van der Waals surface area contributed by atoms with Gasteiger partial charge in [0, 0.05) is 36.5 Å². The fraction of sp³-hybridized carbons (Fsp3) is 0.500. The largest absolute Gasteiger partial charge is 0.491 e. The van der Waals surface area contributed by atoms with Gasteiger partial charge in [-0.25, -0.2) is 14.4 Å². The number of aromatic nitrogens is 2. The molecular formula is C20H26FN5O. The summed E-state index contributed by atoms with van der Waals surface area (Å²) in [6.45, 7) is 4.36. The van der Waals surface area contributed by atoms with Gasteiger partial charge in [0.15, 0.2) is 11.6 Å². The molecule has 27 heavy (non-hydrogen) atoms. The number of hydrogen-bond acceptors (Lipinski definition) is 6. The van der Waals surface area contributed by atoms with E-state index in [1.165, 1.54) is 0 Å². The minimum Gasteiger partial charge on any atom is -0.491 e. The summed E-state index contributed by atoms with van der Waals surface area (Å²) in [5, 5.41) is 9.60. The number of rotatable bonds is 4. The molecule has 2 aromatic rings. The summed E-state index contributed by atoms with van der Waals surface area (Å²) in [6, 6.07) is 3.79. The zero-order valence-corrected chi connectivity index (χ0v) is 15.9. The van der Waals surface area contributed by atoms with Crippen LogP contribution in [0.25, 0.3) is 0 Å². The van der Waals surface area contributed by atoms with E-state index in [0.29, 0.717) is 30.2 Å². The quantitative estimate of drug-likeness (QED) is 0.764. The van der Waals surface area contributed by atoms with Crippen molar-refractivity contribution in [1.82, 2.24) is 15.3 Å². The molecule has 0 saturated carbocycles. The highest BCUT2D eigenvalue weighted by Crippen LogP contribution is 2.41. The number of ether oxygens (including phenoxy) is 1. The first kappa shape index (κ1) is 18.0. The Morgan fingerprint density at radius 1 is 1.22 bits per heavy atom. The van der Waals surface area contributed by atoms with Crippen molar-refractivity contribution in [1.29, 1.82) is 0 Å². The number of hydrogen-bond donors (Lipinski definition) is 3. The molecule has 2 aromatic heterocycles. The molecule has 3 N–H and O–H groups in total. The number of aryl methyl sites for hydroxylation is 1. The second-order valence-electron chi connectivity index (χ2n) is 7.20. The Morgan fingerprint density at radius 2 is 2.11 bits per heavy atom. The van der Waals surface area contributed by atoms with Gasteiger partial charge in [-0.15, -0.1) is 0 Å². The lowest BCUT2D eigenvalue weighted by atomic mass is 9.90. The topological polar surface area (TPSA) is 71.1 Å². The van der Waals surface area contributed by atoms with Crippen LogP contribution in [0, 0.1) is 12.7 Å². The molecule has 2 aliphatic rings. The lowest BCUT2D eigenvalue weighted by Gasteiger charge is -2.20. The average Bonchev–Trinajstić information content (AvgIpc) is 2.95. The molecule has 1 atom stereocenters. The molecule has 2 aliphatic heterocycles. The monoisotopic (exact) mass is 371 g/mol. The van der Waals surface area contributed by atoms with Crippen molar-refractivity contribution in [2.75, 3.05) is 37.4 Å². The van der Waals surface area contributed by atoms with Crippen LogP contribution in [0.1, 0.15) is 42.1 Å². The van der Waals surface area contributed by atoms with Crippen LogP contribution in [-0.4, -0.2) is 36.7 Å². The molecule has 1 fully saturated rings. The van der Waals surface area contributed by atoms with Gasteiger partial charge >= 0.3 is 0 Å². The lowest BCUT2D eigenvalue weighted by molar-refractivity contribution is 0.346. The predicted octanol–water partition coefficient (Wildman–Crippen LogP) is 3.50. The molecule has 0 bridgehead atoms. The molecule has 1 saturated heterocycles. The van der Waals surface area contributed by atoms with E-state index in [0.717, 1.165) is 49.4 Å². The van der Waals surface area contributed by atoms with Gasteiger partial charge in [-0.3, -0.25) is 0 Å². The Kier molecular flexibility index (Phi) is 5.11. The lowest BCUT2D eigenvalue weighted by Crippen LogP contribution is -2.14. The van der Waals surface area contributed by atoms with Gasteiger partial charge in [-0.05, 0) is 51.3 Å². The van der Waals surface area contributed by atoms with E-state index in [9.17, 15) is 0 Å². The van der Waals surface area contributed by atoms with Crippen LogP contribution in [0.5, 0.6) is 5.75 Å². The maximum Gasteiger partial charge on any atom is 0.173 e. The molecular weight excluding hydrogens is 345 g/mol. The molecule has 0 aromatic carbocycles. The van der Waals surface area contributed by atoms with E-state index in [-0.39, 0.29) is 17.6 Å². The van der Waals surface area contributed by atoms with Crippen molar-refractivity contribution in [2.24, 2.45) is 0 Å². The van der Waals surface area contributed by atoms with Crippen molar-refractivity contribution in [2.45, 2.75) is 38.5 Å². The van der Waals surface area contributed by atoms with E-state index in [1.54, 1.807) is 0 Å². The predicted molar refractivity (Wildman–Crippen MR) is 105 cm³/mol. The second kappa shape index (κ2) is 7.68. The Hall–Kier alpha value is -2.41. The molecule has 0 amide bonds. The Morgan fingerprint density at radius 3 is 2.96 bits per heavy atom. The van der Waals surface area contributed by atoms with Crippen LogP contribution in [0.2, 0.25) is 0 Å². The Labute approximate surface area is 158 Å². The van der Waals surface area contributed by atoms with E-state index in [4.69, 9.17) is 4.74 Å². The number of nitrogens with zero attached hydrogens (tertiary/aromatic N) is 2. The van der Waals surface area contributed by atoms with Crippen LogP contribution in [0.3, 0.4) is 0 Å². The molecule has 6 nitrogen and oxygen atoms in total. The van der Waals surface area contributed by atoms with Crippen LogP contribution in [-0.2, 0) is 6.42 Å². The van der Waals surface area contributed by atoms with Gasteiger partial charge < -0.3 is 20.7 Å². The number of pyridine rings is 2. The van der Waals surface area contributed by atoms with Crippen molar-refractivity contribution in [3.63, 3.8) is 0 Å². The average molecular weight is 371 g/mol. The molecule has 0 radical (unpaired) electrons. The van der Waals surface area contributed by atoms with Gasteiger partial charge in [0.1, 0.15) is 11.6 Å². The highest BCUT2D eigenvalue weighted by molar-refractivity contribution is 5.62. The summed E-state index contributed by atoms with van der Waals surface area (Å²) >= 11 is 0. The van der Waals surface area contributed by atoms with Crippen LogP contribution >= 0.6 is 0 Å². The van der Waals surface area contributed by atoms with Crippen LogP contribution < -0.4 is 20.7 Å². The molecule has 4 rings (SSSR count). The minimum atomic E-state index is -0.308. The normalized spacial score (nSPS) is 19.1. The number of fused-ring (bicyclic) bond motifs is 1. The van der Waals surface area contributed by atoms with Crippen LogP contribution in [0.15, 0.2) is 12.1 Å². The first-order valence-electron chi connectivity index (χ1n) is 9.65. The summed E-state index contributed by atoms with van der Waals surface area (Å²) in [5.74, 6) is 1.33. The maximum absolute atomic E-state index is 15.5. The van der Waals surface area contributed by atoms with E-state index in [1.807, 2.05) is 26.1 Å². The third-order valence-corrected chi connectivity index (χ3v) is 5.26. The zero-order chi connectivity index (χ0) is 18.8. The van der Waals surface area contributed by atoms with Crippen molar-refractivity contribution in [3.05, 3.63) is 34.9 Å². The molecule has 0 aliphatic carbocycles. The fourth-order valence-electron chi connectivity index (χ4n) is 3.95. The SMILES string of the molecule is CNc1cc(C)nc(Nc2nc3c(c(C4CCCNCC4)c2F)OCC3)c1. The highest BCUT2D eigenvalue weighted by Gasteiger charge is 2.30. The van der Waals surface area contributed by atoms with Crippen molar-refractivity contribution < 1.29 is 9.13 Å². The van der Waals surface area contributed by atoms with Gasteiger partial charge in [0.25, 0.3) is 0 Å². The van der Waals surface area contributed by atoms with Crippen LogP contribution in [0.4, 0.5) is 21.7 Å². The first-order chi connectivity index (χ1) is 13.2. The van der Waals surface area contributed by atoms with E-state index in [2.05, 4.69) is 25.9 Å². The van der Waals surface area contributed by atoms with Crippen molar-refractivity contribution >= 4 is 17.3 Å². The zero-order valence-electron chi connectivity index (χ0n) is 15.9. The first-order valence-corrected chi connectivity index (χ1v) is 9.65. The summed E-state index contributed by atoms with van der Waals surface area (Å²) in [5.41, 5.74) is 3.30. The molecule has 144 valence electrons. The summed E-state index contributed by atoms with van der Waals surface area (Å²) in [4.78, 5) is 8.99. The van der Waals surface area contributed by atoms with Gasteiger partial charge in [0.2, 0.25) is 0 Å². The summed E-state index contributed by atoms with van der Waals surface area (Å²) < 4.78 is 21.3. The van der Waals surface area contributed by atoms with Gasteiger partial charge in [-0.2, -0.15) is 0 Å².